The maximum atomic E-state index is 12.6. The number of aryl methyl sites for hydroxylation is 1. The Kier molecular flexibility index (Phi) is 4.12. The highest BCUT2D eigenvalue weighted by atomic mass is 32.2. The van der Waals surface area contributed by atoms with Crippen LogP contribution in [0.3, 0.4) is 0 Å². The van der Waals surface area contributed by atoms with E-state index in [1.165, 1.54) is 15.2 Å². The highest BCUT2D eigenvalue weighted by molar-refractivity contribution is 7.89. The smallest absolute Gasteiger partial charge is 0.248 e. The van der Waals surface area contributed by atoms with Crippen molar-refractivity contribution in [1.29, 1.82) is 0 Å². The van der Waals surface area contributed by atoms with Crippen molar-refractivity contribution in [3.8, 4) is 0 Å². The Morgan fingerprint density at radius 2 is 2.26 bits per heavy atom. The van der Waals surface area contributed by atoms with E-state index in [0.29, 0.717) is 19.5 Å². The quantitative estimate of drug-likeness (QED) is 0.813. The van der Waals surface area contributed by atoms with Gasteiger partial charge >= 0.3 is 0 Å². The minimum atomic E-state index is -3.68. The highest BCUT2D eigenvalue weighted by Crippen LogP contribution is 2.27. The summed E-state index contributed by atoms with van der Waals surface area (Å²) in [5.74, 6) is 0.0177. The first-order valence-electron chi connectivity index (χ1n) is 6.46. The molecule has 3 N–H and O–H groups in total. The molecule has 1 aromatic rings. The molecular formula is C11H20N4O3S. The van der Waals surface area contributed by atoms with E-state index < -0.39 is 10.0 Å². The fraction of sp³-hybridized carbons (Fsp3) is 0.727. The van der Waals surface area contributed by atoms with Crippen molar-refractivity contribution < 1.29 is 13.5 Å². The molecule has 1 fully saturated rings. The number of nitrogen functional groups attached to an aromatic ring is 1. The number of aliphatic hydroxyl groups is 1. The molecule has 1 aliphatic rings. The Balaban J connectivity index is 2.37. The molecule has 0 bridgehead atoms. The predicted molar refractivity (Wildman–Crippen MR) is 70.9 cm³/mol. The van der Waals surface area contributed by atoms with Crippen LogP contribution in [0.4, 0.5) is 5.82 Å². The molecule has 0 spiro atoms. The number of sulfonamides is 1. The van der Waals surface area contributed by atoms with Crippen molar-refractivity contribution in [2.45, 2.75) is 43.7 Å². The predicted octanol–water partition coefficient (Wildman–Crippen LogP) is 0.0207. The number of aromatic nitrogens is 2. The molecule has 1 aromatic heterocycles. The minimum Gasteiger partial charge on any atom is -0.395 e. The molecule has 19 heavy (non-hydrogen) atoms. The van der Waals surface area contributed by atoms with Crippen LogP contribution in [-0.4, -0.2) is 46.8 Å². The van der Waals surface area contributed by atoms with Crippen LogP contribution in [0.25, 0.3) is 0 Å². The number of nitrogens with two attached hydrogens (primary N) is 1. The molecule has 108 valence electrons. The standard InChI is InChI=1S/C11H20N4O3S/c1-2-14-7-10(11(12)13-14)19(17,18)15-6-4-3-5-9(15)8-16/h7,9,16H,2-6,8H2,1H3,(H2,12,13). The average Bonchev–Trinajstić information content (AvgIpc) is 2.80. The first-order valence-corrected chi connectivity index (χ1v) is 7.90. The van der Waals surface area contributed by atoms with Gasteiger partial charge in [-0.15, -0.1) is 0 Å². The van der Waals surface area contributed by atoms with Crippen molar-refractivity contribution in [2.75, 3.05) is 18.9 Å². The second-order valence-corrected chi connectivity index (χ2v) is 6.54. The Morgan fingerprint density at radius 3 is 2.84 bits per heavy atom. The van der Waals surface area contributed by atoms with Crippen molar-refractivity contribution in [3.05, 3.63) is 6.20 Å². The van der Waals surface area contributed by atoms with Gasteiger partial charge < -0.3 is 10.8 Å². The van der Waals surface area contributed by atoms with Crippen LogP contribution >= 0.6 is 0 Å². The topological polar surface area (TPSA) is 101 Å². The molecule has 7 nitrogen and oxygen atoms in total. The van der Waals surface area contributed by atoms with E-state index in [4.69, 9.17) is 5.73 Å². The molecule has 1 unspecified atom stereocenters. The molecule has 2 heterocycles. The third-order valence-corrected chi connectivity index (χ3v) is 5.42. The van der Waals surface area contributed by atoms with Gasteiger partial charge in [0.15, 0.2) is 5.82 Å². The molecule has 1 saturated heterocycles. The fourth-order valence-corrected chi connectivity index (χ4v) is 4.12. The maximum absolute atomic E-state index is 12.6. The molecule has 0 radical (unpaired) electrons. The normalized spacial score (nSPS) is 21.7. The summed E-state index contributed by atoms with van der Waals surface area (Å²) in [4.78, 5) is 0.0368. The maximum Gasteiger partial charge on any atom is 0.248 e. The Bertz CT molecular complexity index is 540. The summed E-state index contributed by atoms with van der Waals surface area (Å²) >= 11 is 0. The summed E-state index contributed by atoms with van der Waals surface area (Å²) in [6.45, 7) is 2.68. The monoisotopic (exact) mass is 288 g/mol. The van der Waals surface area contributed by atoms with Crippen LogP contribution in [0.5, 0.6) is 0 Å². The van der Waals surface area contributed by atoms with Crippen molar-refractivity contribution in [1.82, 2.24) is 14.1 Å². The number of anilines is 1. The molecule has 1 aliphatic heterocycles. The molecule has 8 heteroatoms. The highest BCUT2D eigenvalue weighted by Gasteiger charge is 2.35. The van der Waals surface area contributed by atoms with E-state index in [-0.39, 0.29) is 23.4 Å². The lowest BCUT2D eigenvalue weighted by Gasteiger charge is -2.33. The summed E-state index contributed by atoms with van der Waals surface area (Å²) in [5, 5.41) is 13.3. The van der Waals surface area contributed by atoms with Crippen molar-refractivity contribution >= 4 is 15.8 Å². The van der Waals surface area contributed by atoms with Crippen LogP contribution in [0, 0.1) is 0 Å². The van der Waals surface area contributed by atoms with Crippen LogP contribution in [0.15, 0.2) is 11.1 Å². The van der Waals surface area contributed by atoms with E-state index >= 15 is 0 Å². The van der Waals surface area contributed by atoms with Gasteiger partial charge in [0, 0.05) is 25.3 Å². The van der Waals surface area contributed by atoms with Crippen LogP contribution in [-0.2, 0) is 16.6 Å². The number of rotatable bonds is 4. The fourth-order valence-electron chi connectivity index (χ4n) is 2.38. The Hall–Kier alpha value is -1.12. The molecule has 0 aromatic carbocycles. The van der Waals surface area contributed by atoms with Gasteiger partial charge in [-0.1, -0.05) is 6.42 Å². The van der Waals surface area contributed by atoms with Gasteiger partial charge in [0.1, 0.15) is 4.90 Å². The third kappa shape index (κ3) is 2.60. The lowest BCUT2D eigenvalue weighted by atomic mass is 10.1. The largest absolute Gasteiger partial charge is 0.395 e. The van der Waals surface area contributed by atoms with E-state index in [0.717, 1.165) is 12.8 Å². The van der Waals surface area contributed by atoms with Gasteiger partial charge in [0.05, 0.1) is 6.61 Å². The van der Waals surface area contributed by atoms with Crippen LogP contribution < -0.4 is 5.73 Å². The van der Waals surface area contributed by atoms with Gasteiger partial charge in [-0.3, -0.25) is 4.68 Å². The Morgan fingerprint density at radius 1 is 1.53 bits per heavy atom. The number of aliphatic hydroxyl groups excluding tert-OH is 1. The summed E-state index contributed by atoms with van der Waals surface area (Å²) in [6.07, 6.45) is 3.86. The molecule has 0 amide bonds. The SMILES string of the molecule is CCn1cc(S(=O)(=O)N2CCCCC2CO)c(N)n1. The van der Waals surface area contributed by atoms with Gasteiger partial charge in [-0.2, -0.15) is 9.40 Å². The minimum absolute atomic E-state index is 0.0177. The van der Waals surface area contributed by atoms with Gasteiger partial charge in [0.2, 0.25) is 10.0 Å². The first kappa shape index (κ1) is 14.3. The summed E-state index contributed by atoms with van der Waals surface area (Å²) in [6, 6.07) is -0.358. The zero-order valence-electron chi connectivity index (χ0n) is 11.0. The third-order valence-electron chi connectivity index (χ3n) is 3.45. The van der Waals surface area contributed by atoms with E-state index in [1.54, 1.807) is 0 Å². The van der Waals surface area contributed by atoms with E-state index in [1.807, 2.05) is 6.92 Å². The first-order chi connectivity index (χ1) is 9.00. The molecule has 2 rings (SSSR count). The lowest BCUT2D eigenvalue weighted by Crippen LogP contribution is -2.45. The average molecular weight is 288 g/mol. The second-order valence-electron chi connectivity index (χ2n) is 4.68. The van der Waals surface area contributed by atoms with Gasteiger partial charge in [-0.25, -0.2) is 8.42 Å². The Labute approximate surface area is 113 Å². The summed E-state index contributed by atoms with van der Waals surface area (Å²) in [5.41, 5.74) is 5.70. The van der Waals surface area contributed by atoms with Crippen molar-refractivity contribution in [2.24, 2.45) is 0 Å². The van der Waals surface area contributed by atoms with Gasteiger partial charge in [0.25, 0.3) is 0 Å². The molecule has 1 atom stereocenters. The number of nitrogens with zero attached hydrogens (tertiary/aromatic N) is 3. The lowest BCUT2D eigenvalue weighted by molar-refractivity contribution is 0.155. The summed E-state index contributed by atoms with van der Waals surface area (Å²) in [7, 11) is -3.68. The molecule has 0 saturated carbocycles. The van der Waals surface area contributed by atoms with Crippen molar-refractivity contribution in [3.63, 3.8) is 0 Å². The van der Waals surface area contributed by atoms with Crippen LogP contribution in [0.1, 0.15) is 26.2 Å². The number of hydrogen-bond donors (Lipinski definition) is 2. The number of hydrogen-bond acceptors (Lipinski definition) is 5. The second kappa shape index (κ2) is 5.48. The van der Waals surface area contributed by atoms with Gasteiger partial charge in [-0.05, 0) is 19.8 Å². The zero-order valence-corrected chi connectivity index (χ0v) is 11.8. The molecular weight excluding hydrogens is 268 g/mol. The zero-order chi connectivity index (χ0) is 14.0. The number of piperidine rings is 1. The van der Waals surface area contributed by atoms with E-state index in [9.17, 15) is 13.5 Å². The van der Waals surface area contributed by atoms with E-state index in [2.05, 4.69) is 5.10 Å². The van der Waals surface area contributed by atoms with Crippen LogP contribution in [0.2, 0.25) is 0 Å². The molecule has 0 aliphatic carbocycles. The summed E-state index contributed by atoms with van der Waals surface area (Å²) < 4.78 is 28.0.